The molecular weight excluding hydrogens is 246 g/mol. The number of hydrogen-bond acceptors (Lipinski definition) is 5. The molecule has 0 aliphatic carbocycles. The van der Waals surface area contributed by atoms with E-state index in [2.05, 4.69) is 10.2 Å². The topological polar surface area (TPSA) is 65.7 Å². The summed E-state index contributed by atoms with van der Waals surface area (Å²) in [5, 5.41) is 8.26. The summed E-state index contributed by atoms with van der Waals surface area (Å²) in [6.07, 6.45) is 4.77. The Kier molecular flexibility index (Phi) is 3.16. The molecule has 0 saturated carbocycles. The second-order valence-corrected chi connectivity index (χ2v) is 4.59. The Morgan fingerprint density at radius 3 is 3.16 bits per heavy atom. The van der Waals surface area contributed by atoms with Gasteiger partial charge in [0.2, 0.25) is 0 Å². The first-order valence-electron chi connectivity index (χ1n) is 6.31. The molecule has 19 heavy (non-hydrogen) atoms. The highest BCUT2D eigenvalue weighted by atomic mass is 16.5. The highest BCUT2D eigenvalue weighted by Crippen LogP contribution is 2.17. The molecule has 1 unspecified atom stereocenters. The van der Waals surface area contributed by atoms with Crippen LogP contribution >= 0.6 is 0 Å². The van der Waals surface area contributed by atoms with Gasteiger partial charge in [-0.1, -0.05) is 0 Å². The van der Waals surface area contributed by atoms with E-state index in [-0.39, 0.29) is 12.1 Å². The Bertz CT molecular complexity index is 602. The number of pyridine rings is 1. The van der Waals surface area contributed by atoms with Gasteiger partial charge >= 0.3 is 5.97 Å². The number of ether oxygens (including phenoxy) is 2. The van der Waals surface area contributed by atoms with Crippen molar-refractivity contribution in [3.63, 3.8) is 0 Å². The summed E-state index contributed by atoms with van der Waals surface area (Å²) >= 11 is 0. The minimum Gasteiger partial charge on any atom is -0.465 e. The molecule has 1 fully saturated rings. The van der Waals surface area contributed by atoms with E-state index in [0.717, 1.165) is 30.9 Å². The van der Waals surface area contributed by atoms with Gasteiger partial charge in [-0.2, -0.15) is 0 Å². The monoisotopic (exact) mass is 261 g/mol. The van der Waals surface area contributed by atoms with Crippen molar-refractivity contribution < 1.29 is 14.3 Å². The van der Waals surface area contributed by atoms with E-state index in [0.29, 0.717) is 12.0 Å². The first kappa shape index (κ1) is 12.1. The number of esters is 1. The molecule has 2 aromatic heterocycles. The Labute approximate surface area is 110 Å². The first-order chi connectivity index (χ1) is 9.28. The number of fused-ring (bicyclic) bond motifs is 1. The molecule has 1 atom stereocenters. The van der Waals surface area contributed by atoms with E-state index in [1.807, 2.05) is 4.40 Å². The maximum absolute atomic E-state index is 11.5. The highest BCUT2D eigenvalue weighted by Gasteiger charge is 2.19. The molecule has 1 aliphatic rings. The first-order valence-corrected chi connectivity index (χ1v) is 6.31. The van der Waals surface area contributed by atoms with Crippen molar-refractivity contribution in [1.82, 2.24) is 14.6 Å². The number of carbonyl (C=O) groups is 1. The van der Waals surface area contributed by atoms with Crippen LogP contribution in [-0.2, 0) is 15.9 Å². The molecule has 6 heteroatoms. The number of hydrogen-bond donors (Lipinski definition) is 0. The average Bonchev–Trinajstić information content (AvgIpc) is 3.08. The van der Waals surface area contributed by atoms with Crippen molar-refractivity contribution in [2.45, 2.75) is 25.4 Å². The standard InChI is InChI=1S/C13H15N3O3/c1-18-13(17)9-4-5-11-14-15-12(16(11)8-9)7-10-3-2-6-19-10/h4-5,8,10H,2-3,6-7H2,1H3. The van der Waals surface area contributed by atoms with Crippen LogP contribution in [0.2, 0.25) is 0 Å². The van der Waals surface area contributed by atoms with E-state index >= 15 is 0 Å². The molecule has 6 nitrogen and oxygen atoms in total. The lowest BCUT2D eigenvalue weighted by Gasteiger charge is -2.07. The molecule has 0 N–H and O–H groups in total. The lowest BCUT2D eigenvalue weighted by atomic mass is 10.2. The molecule has 1 saturated heterocycles. The van der Waals surface area contributed by atoms with Crippen LogP contribution in [0.15, 0.2) is 18.3 Å². The lowest BCUT2D eigenvalue weighted by Crippen LogP contribution is -2.12. The van der Waals surface area contributed by atoms with Gasteiger partial charge in [0.1, 0.15) is 5.82 Å². The third-order valence-electron chi connectivity index (χ3n) is 3.33. The van der Waals surface area contributed by atoms with E-state index < -0.39 is 0 Å². The molecule has 0 spiro atoms. The molecule has 3 heterocycles. The lowest BCUT2D eigenvalue weighted by molar-refractivity contribution is 0.0600. The van der Waals surface area contributed by atoms with E-state index in [9.17, 15) is 4.79 Å². The summed E-state index contributed by atoms with van der Waals surface area (Å²) in [5.41, 5.74) is 1.21. The van der Waals surface area contributed by atoms with Gasteiger partial charge in [-0.3, -0.25) is 4.40 Å². The van der Waals surface area contributed by atoms with Gasteiger partial charge in [-0.25, -0.2) is 4.79 Å². The molecule has 0 bridgehead atoms. The molecule has 0 amide bonds. The number of rotatable bonds is 3. The molecule has 0 radical (unpaired) electrons. The summed E-state index contributed by atoms with van der Waals surface area (Å²) in [7, 11) is 1.37. The van der Waals surface area contributed by atoms with Crippen LogP contribution in [0.4, 0.5) is 0 Å². The SMILES string of the molecule is COC(=O)c1ccc2nnc(CC3CCCO3)n2c1. The van der Waals surface area contributed by atoms with Crippen LogP contribution in [0.5, 0.6) is 0 Å². The zero-order chi connectivity index (χ0) is 13.2. The normalized spacial score (nSPS) is 18.9. The fourth-order valence-corrected chi connectivity index (χ4v) is 2.32. The van der Waals surface area contributed by atoms with Gasteiger partial charge < -0.3 is 9.47 Å². The third kappa shape index (κ3) is 2.31. The van der Waals surface area contributed by atoms with E-state index in [1.54, 1.807) is 18.3 Å². The predicted molar refractivity (Wildman–Crippen MR) is 67.0 cm³/mol. The van der Waals surface area contributed by atoms with Crippen LogP contribution in [-0.4, -0.2) is 40.4 Å². The zero-order valence-electron chi connectivity index (χ0n) is 10.7. The average molecular weight is 261 g/mol. The Morgan fingerprint density at radius 1 is 1.53 bits per heavy atom. The fourth-order valence-electron chi connectivity index (χ4n) is 2.32. The second-order valence-electron chi connectivity index (χ2n) is 4.59. The van der Waals surface area contributed by atoms with Crippen molar-refractivity contribution >= 4 is 11.6 Å². The van der Waals surface area contributed by atoms with Gasteiger partial charge in [0.25, 0.3) is 0 Å². The van der Waals surface area contributed by atoms with Crippen LogP contribution in [0.3, 0.4) is 0 Å². The third-order valence-corrected chi connectivity index (χ3v) is 3.33. The number of carbonyl (C=O) groups excluding carboxylic acids is 1. The van der Waals surface area contributed by atoms with Gasteiger partial charge in [-0.05, 0) is 25.0 Å². The number of nitrogens with zero attached hydrogens (tertiary/aromatic N) is 3. The number of methoxy groups -OCH3 is 1. The molecular formula is C13H15N3O3. The minimum absolute atomic E-state index is 0.203. The van der Waals surface area contributed by atoms with Crippen molar-refractivity contribution in [2.75, 3.05) is 13.7 Å². The Balaban J connectivity index is 1.93. The Hall–Kier alpha value is -1.95. The quantitative estimate of drug-likeness (QED) is 0.778. The Morgan fingerprint density at radius 2 is 2.42 bits per heavy atom. The van der Waals surface area contributed by atoms with Crippen LogP contribution in [0.1, 0.15) is 29.0 Å². The smallest absolute Gasteiger partial charge is 0.339 e. The minimum atomic E-state index is -0.362. The maximum atomic E-state index is 11.5. The largest absolute Gasteiger partial charge is 0.465 e. The van der Waals surface area contributed by atoms with Gasteiger partial charge in [-0.15, -0.1) is 10.2 Å². The van der Waals surface area contributed by atoms with Crippen molar-refractivity contribution in [3.8, 4) is 0 Å². The summed E-state index contributed by atoms with van der Waals surface area (Å²) in [6, 6.07) is 3.45. The van der Waals surface area contributed by atoms with Crippen molar-refractivity contribution in [2.24, 2.45) is 0 Å². The maximum Gasteiger partial charge on any atom is 0.339 e. The van der Waals surface area contributed by atoms with Gasteiger partial charge in [0.15, 0.2) is 5.65 Å². The molecule has 3 rings (SSSR count). The summed E-state index contributed by atoms with van der Waals surface area (Å²) in [6.45, 7) is 0.814. The fraction of sp³-hybridized carbons (Fsp3) is 0.462. The predicted octanol–water partition coefficient (Wildman–Crippen LogP) is 1.24. The summed E-state index contributed by atoms with van der Waals surface area (Å²) < 4.78 is 12.1. The number of aromatic nitrogens is 3. The molecule has 100 valence electrons. The summed E-state index contributed by atoms with van der Waals surface area (Å²) in [5.74, 6) is 0.450. The van der Waals surface area contributed by atoms with E-state index in [4.69, 9.17) is 9.47 Å². The van der Waals surface area contributed by atoms with Crippen molar-refractivity contribution in [3.05, 3.63) is 29.7 Å². The zero-order valence-corrected chi connectivity index (χ0v) is 10.7. The molecule has 0 aromatic carbocycles. The van der Waals surface area contributed by atoms with Crippen LogP contribution in [0.25, 0.3) is 5.65 Å². The van der Waals surface area contributed by atoms with Gasteiger partial charge in [0.05, 0.1) is 18.8 Å². The van der Waals surface area contributed by atoms with Crippen LogP contribution in [0, 0.1) is 0 Å². The highest BCUT2D eigenvalue weighted by molar-refractivity contribution is 5.89. The second kappa shape index (κ2) is 4.97. The molecule has 1 aliphatic heterocycles. The summed E-state index contributed by atoms with van der Waals surface area (Å²) in [4.78, 5) is 11.5. The molecule has 2 aromatic rings. The van der Waals surface area contributed by atoms with E-state index in [1.165, 1.54) is 7.11 Å². The van der Waals surface area contributed by atoms with Crippen LogP contribution < -0.4 is 0 Å². The van der Waals surface area contributed by atoms with Crippen molar-refractivity contribution in [1.29, 1.82) is 0 Å². The van der Waals surface area contributed by atoms with Gasteiger partial charge in [0, 0.05) is 19.2 Å².